The summed E-state index contributed by atoms with van der Waals surface area (Å²) in [6.07, 6.45) is 1.70. The quantitative estimate of drug-likeness (QED) is 0.630. The summed E-state index contributed by atoms with van der Waals surface area (Å²) in [6, 6.07) is 12.8. The predicted octanol–water partition coefficient (Wildman–Crippen LogP) is 2.88. The highest BCUT2D eigenvalue weighted by Gasteiger charge is 2.12. The second-order valence-electron chi connectivity index (χ2n) is 5.38. The summed E-state index contributed by atoms with van der Waals surface area (Å²) in [6.45, 7) is 0. The predicted molar refractivity (Wildman–Crippen MR) is 92.3 cm³/mol. The average Bonchev–Trinajstić information content (AvgIpc) is 3.01. The highest BCUT2D eigenvalue weighted by atomic mass is 16.5. The van der Waals surface area contributed by atoms with Gasteiger partial charge in [0.2, 0.25) is 0 Å². The number of nitrogens with one attached hydrogen (secondary N) is 1. The van der Waals surface area contributed by atoms with E-state index in [1.54, 1.807) is 44.7 Å². The number of aromatic nitrogens is 3. The van der Waals surface area contributed by atoms with Crippen molar-refractivity contribution < 1.29 is 9.47 Å². The van der Waals surface area contributed by atoms with E-state index in [1.807, 2.05) is 18.2 Å². The van der Waals surface area contributed by atoms with E-state index in [9.17, 15) is 4.79 Å². The fourth-order valence-corrected chi connectivity index (χ4v) is 2.81. The van der Waals surface area contributed by atoms with Crippen LogP contribution in [0.5, 0.6) is 11.5 Å². The third-order valence-electron chi connectivity index (χ3n) is 4.07. The van der Waals surface area contributed by atoms with Gasteiger partial charge >= 0.3 is 0 Å². The third kappa shape index (κ3) is 2.11. The van der Waals surface area contributed by atoms with Gasteiger partial charge in [-0.1, -0.05) is 0 Å². The molecule has 2 aromatic carbocycles. The van der Waals surface area contributed by atoms with Crippen LogP contribution in [0, 0.1) is 0 Å². The number of benzene rings is 2. The van der Waals surface area contributed by atoms with Crippen molar-refractivity contribution in [3.8, 4) is 17.2 Å². The van der Waals surface area contributed by atoms with E-state index in [2.05, 4.69) is 10.1 Å². The molecule has 4 rings (SSSR count). The molecule has 0 amide bonds. The molecule has 1 N–H and O–H groups in total. The third-order valence-corrected chi connectivity index (χ3v) is 4.07. The first-order valence-corrected chi connectivity index (χ1v) is 7.43. The first-order chi connectivity index (χ1) is 11.7. The molecule has 0 saturated heterocycles. The maximum Gasteiger partial charge on any atom is 0.295 e. The Hall–Kier alpha value is -3.28. The van der Waals surface area contributed by atoms with Gasteiger partial charge in [0.05, 0.1) is 31.6 Å². The van der Waals surface area contributed by atoms with E-state index in [0.717, 1.165) is 27.8 Å². The second-order valence-corrected chi connectivity index (χ2v) is 5.38. The summed E-state index contributed by atoms with van der Waals surface area (Å²) >= 11 is 0. The summed E-state index contributed by atoms with van der Waals surface area (Å²) in [4.78, 5) is 16.0. The van der Waals surface area contributed by atoms with Crippen LogP contribution < -0.4 is 15.0 Å². The minimum Gasteiger partial charge on any atom is -0.497 e. The Balaban J connectivity index is 1.93. The lowest BCUT2D eigenvalue weighted by atomic mass is 10.2. The zero-order valence-corrected chi connectivity index (χ0v) is 13.2. The Bertz CT molecular complexity index is 1090. The Kier molecular flexibility index (Phi) is 3.23. The molecule has 0 aliphatic heterocycles. The summed E-state index contributed by atoms with van der Waals surface area (Å²) in [5.74, 6) is 1.46. The van der Waals surface area contributed by atoms with Crippen LogP contribution in [0.25, 0.3) is 27.5 Å². The standard InChI is InChI=1S/C18H15N3O3/c1-23-12-5-3-11(4-6-12)21-18(22)17-15(10-19-21)14-8-7-13(24-2)9-16(14)20-17/h3-10,20H,1-2H3. The molecule has 2 heterocycles. The SMILES string of the molecule is COc1ccc(-n2ncc3c([nH]c4cc(OC)ccc43)c2=O)cc1. The smallest absolute Gasteiger partial charge is 0.295 e. The lowest BCUT2D eigenvalue weighted by Gasteiger charge is -2.05. The van der Waals surface area contributed by atoms with Crippen LogP contribution in [0.4, 0.5) is 0 Å². The molecule has 0 aliphatic carbocycles. The zero-order valence-electron chi connectivity index (χ0n) is 13.2. The topological polar surface area (TPSA) is 69.1 Å². The molecule has 0 atom stereocenters. The Morgan fingerprint density at radius 2 is 1.67 bits per heavy atom. The summed E-state index contributed by atoms with van der Waals surface area (Å²) in [7, 11) is 3.21. The highest BCUT2D eigenvalue weighted by Crippen LogP contribution is 2.26. The molecule has 120 valence electrons. The first kappa shape index (κ1) is 14.3. The van der Waals surface area contributed by atoms with Gasteiger partial charge in [0.25, 0.3) is 5.56 Å². The normalized spacial score (nSPS) is 11.1. The van der Waals surface area contributed by atoms with Gasteiger partial charge in [-0.2, -0.15) is 9.78 Å². The van der Waals surface area contributed by atoms with Gasteiger partial charge in [-0.3, -0.25) is 4.79 Å². The molecule has 0 aliphatic rings. The van der Waals surface area contributed by atoms with E-state index < -0.39 is 0 Å². The molecule has 6 heteroatoms. The van der Waals surface area contributed by atoms with Crippen LogP contribution in [0.1, 0.15) is 0 Å². The monoisotopic (exact) mass is 321 g/mol. The van der Waals surface area contributed by atoms with Crippen LogP contribution in [0.15, 0.2) is 53.5 Å². The molecular formula is C18H15N3O3. The van der Waals surface area contributed by atoms with Crippen molar-refractivity contribution in [3.63, 3.8) is 0 Å². The summed E-state index contributed by atoms with van der Waals surface area (Å²) < 4.78 is 11.7. The number of methoxy groups -OCH3 is 2. The van der Waals surface area contributed by atoms with Crippen molar-refractivity contribution in [2.24, 2.45) is 0 Å². The van der Waals surface area contributed by atoms with E-state index in [0.29, 0.717) is 11.2 Å². The molecule has 0 saturated carbocycles. The summed E-state index contributed by atoms with van der Waals surface area (Å²) in [5.41, 5.74) is 1.84. The van der Waals surface area contributed by atoms with Gasteiger partial charge in [0.15, 0.2) is 0 Å². The van der Waals surface area contributed by atoms with Gasteiger partial charge in [0.1, 0.15) is 17.0 Å². The lowest BCUT2D eigenvalue weighted by Crippen LogP contribution is -2.20. The second kappa shape index (κ2) is 5.42. The van der Waals surface area contributed by atoms with Gasteiger partial charge in [-0.15, -0.1) is 0 Å². The number of fused-ring (bicyclic) bond motifs is 3. The van der Waals surface area contributed by atoms with E-state index >= 15 is 0 Å². The minimum absolute atomic E-state index is 0.201. The van der Waals surface area contributed by atoms with Crippen LogP contribution in [-0.4, -0.2) is 29.0 Å². The number of H-pyrrole nitrogens is 1. The van der Waals surface area contributed by atoms with E-state index in [-0.39, 0.29) is 5.56 Å². The van der Waals surface area contributed by atoms with Crippen LogP contribution in [0.2, 0.25) is 0 Å². The Morgan fingerprint density at radius 1 is 0.958 bits per heavy atom. The summed E-state index contributed by atoms with van der Waals surface area (Å²) in [5, 5.41) is 6.05. The number of hydrogen-bond donors (Lipinski definition) is 1. The number of ether oxygens (including phenoxy) is 2. The van der Waals surface area contributed by atoms with E-state index in [4.69, 9.17) is 9.47 Å². The number of hydrogen-bond acceptors (Lipinski definition) is 4. The van der Waals surface area contributed by atoms with Crippen LogP contribution in [-0.2, 0) is 0 Å². The largest absolute Gasteiger partial charge is 0.497 e. The van der Waals surface area contributed by atoms with Crippen molar-refractivity contribution in [3.05, 3.63) is 59.0 Å². The molecule has 2 aromatic heterocycles. The molecule has 24 heavy (non-hydrogen) atoms. The number of nitrogens with zero attached hydrogens (tertiary/aromatic N) is 2. The Labute approximate surface area is 137 Å². The molecule has 0 fully saturated rings. The first-order valence-electron chi connectivity index (χ1n) is 7.43. The fraction of sp³-hybridized carbons (Fsp3) is 0.111. The molecule has 0 bridgehead atoms. The van der Waals surface area contributed by atoms with Gasteiger partial charge in [-0.25, -0.2) is 0 Å². The van der Waals surface area contributed by atoms with Crippen LogP contribution in [0.3, 0.4) is 0 Å². The Morgan fingerprint density at radius 3 is 2.38 bits per heavy atom. The van der Waals surface area contributed by atoms with Crippen LogP contribution >= 0.6 is 0 Å². The molecule has 0 radical (unpaired) electrons. The van der Waals surface area contributed by atoms with E-state index in [1.165, 1.54) is 4.68 Å². The van der Waals surface area contributed by atoms with Crippen molar-refractivity contribution in [1.29, 1.82) is 0 Å². The van der Waals surface area contributed by atoms with Crippen molar-refractivity contribution >= 4 is 21.8 Å². The van der Waals surface area contributed by atoms with Crippen molar-refractivity contribution in [2.75, 3.05) is 14.2 Å². The molecule has 4 aromatic rings. The molecule has 6 nitrogen and oxygen atoms in total. The molecular weight excluding hydrogens is 306 g/mol. The highest BCUT2D eigenvalue weighted by molar-refractivity contribution is 6.06. The van der Waals surface area contributed by atoms with Gasteiger partial charge in [-0.05, 0) is 36.4 Å². The van der Waals surface area contributed by atoms with Crippen molar-refractivity contribution in [1.82, 2.24) is 14.8 Å². The molecule has 0 spiro atoms. The fourth-order valence-electron chi connectivity index (χ4n) is 2.81. The number of rotatable bonds is 3. The van der Waals surface area contributed by atoms with Gasteiger partial charge in [0, 0.05) is 16.8 Å². The van der Waals surface area contributed by atoms with Crippen molar-refractivity contribution in [2.45, 2.75) is 0 Å². The number of aromatic amines is 1. The molecule has 0 unspecified atom stereocenters. The zero-order chi connectivity index (χ0) is 16.7. The maximum atomic E-state index is 12.8. The van der Waals surface area contributed by atoms with Gasteiger partial charge < -0.3 is 14.5 Å². The lowest BCUT2D eigenvalue weighted by molar-refractivity contribution is 0.414. The average molecular weight is 321 g/mol. The maximum absolute atomic E-state index is 12.8. The minimum atomic E-state index is -0.201.